The second kappa shape index (κ2) is 6.39. The Kier molecular flexibility index (Phi) is 4.81. The second-order valence-electron chi connectivity index (χ2n) is 5.18. The molecule has 5 heteroatoms. The molecule has 0 saturated heterocycles. The molecule has 0 radical (unpaired) electrons. The van der Waals surface area contributed by atoms with Crippen LogP contribution >= 0.6 is 11.6 Å². The molecule has 108 valence electrons. The fourth-order valence-electron chi connectivity index (χ4n) is 2.45. The number of rotatable bonds is 5. The van der Waals surface area contributed by atoms with E-state index in [0.717, 1.165) is 24.1 Å². The van der Waals surface area contributed by atoms with Crippen molar-refractivity contribution in [2.45, 2.75) is 32.7 Å². The standard InChI is InChI=1S/C15H21ClN4/c1-10-6-4-5-7-12(10)8-13(18-17)9-14-11(2)19-20(3)15(14)16/h4-7,13,18H,8-9,17H2,1-3H3. The Morgan fingerprint density at radius 3 is 2.55 bits per heavy atom. The smallest absolute Gasteiger partial charge is 0.130 e. The molecule has 0 aliphatic heterocycles. The van der Waals surface area contributed by atoms with Crippen LogP contribution in [0.15, 0.2) is 24.3 Å². The molecule has 1 aromatic carbocycles. The first-order chi connectivity index (χ1) is 9.52. The molecular formula is C15H21ClN4. The van der Waals surface area contributed by atoms with E-state index >= 15 is 0 Å². The molecule has 20 heavy (non-hydrogen) atoms. The first-order valence-corrected chi connectivity index (χ1v) is 7.09. The first kappa shape index (κ1) is 15.0. The minimum atomic E-state index is 0.136. The number of nitrogens with zero attached hydrogens (tertiary/aromatic N) is 2. The molecule has 2 rings (SSSR count). The van der Waals surface area contributed by atoms with Gasteiger partial charge in [0.15, 0.2) is 0 Å². The van der Waals surface area contributed by atoms with Crippen LogP contribution in [0.2, 0.25) is 5.15 Å². The van der Waals surface area contributed by atoms with Crippen molar-refractivity contribution in [3.63, 3.8) is 0 Å². The van der Waals surface area contributed by atoms with Crippen molar-refractivity contribution in [2.24, 2.45) is 12.9 Å². The van der Waals surface area contributed by atoms with Gasteiger partial charge in [-0.05, 0) is 37.8 Å². The Morgan fingerprint density at radius 1 is 1.30 bits per heavy atom. The Hall–Kier alpha value is -1.36. The zero-order chi connectivity index (χ0) is 14.7. The van der Waals surface area contributed by atoms with Gasteiger partial charge in [-0.2, -0.15) is 5.10 Å². The normalized spacial score (nSPS) is 12.7. The van der Waals surface area contributed by atoms with Crippen LogP contribution in [0.5, 0.6) is 0 Å². The SMILES string of the molecule is Cc1ccccc1CC(Cc1c(C)nn(C)c1Cl)NN. The summed E-state index contributed by atoms with van der Waals surface area (Å²) in [4.78, 5) is 0. The molecule has 0 amide bonds. The average molecular weight is 293 g/mol. The lowest BCUT2D eigenvalue weighted by Crippen LogP contribution is -2.38. The van der Waals surface area contributed by atoms with E-state index in [4.69, 9.17) is 17.4 Å². The largest absolute Gasteiger partial charge is 0.271 e. The lowest BCUT2D eigenvalue weighted by molar-refractivity contribution is 0.520. The summed E-state index contributed by atoms with van der Waals surface area (Å²) in [6.07, 6.45) is 1.64. The summed E-state index contributed by atoms with van der Waals surface area (Å²) >= 11 is 6.28. The van der Waals surface area contributed by atoms with Crippen LogP contribution in [0, 0.1) is 13.8 Å². The van der Waals surface area contributed by atoms with Crippen molar-refractivity contribution in [3.05, 3.63) is 51.8 Å². The number of halogens is 1. The number of hydrogen-bond donors (Lipinski definition) is 2. The average Bonchev–Trinajstić information content (AvgIpc) is 2.66. The summed E-state index contributed by atoms with van der Waals surface area (Å²) < 4.78 is 1.70. The van der Waals surface area contributed by atoms with Gasteiger partial charge in [-0.25, -0.2) is 0 Å². The van der Waals surface area contributed by atoms with Crippen molar-refractivity contribution in [1.82, 2.24) is 15.2 Å². The molecule has 4 nitrogen and oxygen atoms in total. The lowest BCUT2D eigenvalue weighted by atomic mass is 9.97. The maximum Gasteiger partial charge on any atom is 0.130 e. The number of nitrogens with one attached hydrogen (secondary N) is 1. The zero-order valence-corrected chi connectivity index (χ0v) is 12.9. The Morgan fingerprint density at radius 2 is 2.00 bits per heavy atom. The second-order valence-corrected chi connectivity index (χ2v) is 5.53. The third kappa shape index (κ3) is 3.20. The van der Waals surface area contributed by atoms with E-state index in [1.54, 1.807) is 4.68 Å². The van der Waals surface area contributed by atoms with E-state index < -0.39 is 0 Å². The number of aromatic nitrogens is 2. The lowest BCUT2D eigenvalue weighted by Gasteiger charge is -2.17. The molecule has 0 aliphatic rings. The van der Waals surface area contributed by atoms with E-state index in [1.165, 1.54) is 11.1 Å². The van der Waals surface area contributed by atoms with Gasteiger partial charge in [0.25, 0.3) is 0 Å². The fourth-order valence-corrected chi connectivity index (χ4v) is 2.70. The predicted molar refractivity (Wildman–Crippen MR) is 82.7 cm³/mol. The summed E-state index contributed by atoms with van der Waals surface area (Å²) in [5, 5.41) is 5.03. The minimum absolute atomic E-state index is 0.136. The van der Waals surface area contributed by atoms with E-state index in [2.05, 4.69) is 35.6 Å². The molecule has 1 unspecified atom stereocenters. The Labute approximate surface area is 124 Å². The summed E-state index contributed by atoms with van der Waals surface area (Å²) in [5.41, 5.74) is 7.49. The topological polar surface area (TPSA) is 55.9 Å². The van der Waals surface area contributed by atoms with Gasteiger partial charge in [-0.1, -0.05) is 35.9 Å². The molecule has 0 saturated carbocycles. The van der Waals surface area contributed by atoms with E-state index in [9.17, 15) is 0 Å². The molecule has 0 aliphatic carbocycles. The third-order valence-electron chi connectivity index (χ3n) is 3.68. The van der Waals surface area contributed by atoms with E-state index in [0.29, 0.717) is 5.15 Å². The maximum atomic E-state index is 6.28. The molecule has 1 atom stereocenters. The molecule has 0 fully saturated rings. The highest BCUT2D eigenvalue weighted by Crippen LogP contribution is 2.21. The monoisotopic (exact) mass is 292 g/mol. The van der Waals surface area contributed by atoms with Crippen LogP contribution in [-0.2, 0) is 19.9 Å². The maximum absolute atomic E-state index is 6.28. The Bertz CT molecular complexity index is 592. The molecule has 0 spiro atoms. The summed E-state index contributed by atoms with van der Waals surface area (Å²) in [5.74, 6) is 5.71. The predicted octanol–water partition coefficient (Wildman–Crippen LogP) is 2.31. The van der Waals surface area contributed by atoms with Gasteiger partial charge in [-0.3, -0.25) is 16.0 Å². The molecule has 2 aromatic rings. The molecule has 1 heterocycles. The van der Waals surface area contributed by atoms with Gasteiger partial charge in [0.2, 0.25) is 0 Å². The van der Waals surface area contributed by atoms with Crippen molar-refractivity contribution in [1.29, 1.82) is 0 Å². The van der Waals surface area contributed by atoms with Gasteiger partial charge < -0.3 is 0 Å². The van der Waals surface area contributed by atoms with Crippen LogP contribution < -0.4 is 11.3 Å². The number of aryl methyl sites for hydroxylation is 3. The van der Waals surface area contributed by atoms with E-state index in [-0.39, 0.29) is 6.04 Å². The number of hydrogen-bond acceptors (Lipinski definition) is 3. The summed E-state index contributed by atoms with van der Waals surface area (Å²) in [6, 6.07) is 8.49. The first-order valence-electron chi connectivity index (χ1n) is 6.71. The quantitative estimate of drug-likeness (QED) is 0.657. The van der Waals surface area contributed by atoms with Gasteiger partial charge in [0.1, 0.15) is 5.15 Å². The molecule has 3 N–H and O–H groups in total. The van der Waals surface area contributed by atoms with Crippen LogP contribution in [0.3, 0.4) is 0 Å². The van der Waals surface area contributed by atoms with Gasteiger partial charge in [0, 0.05) is 18.7 Å². The van der Waals surface area contributed by atoms with Crippen molar-refractivity contribution < 1.29 is 0 Å². The van der Waals surface area contributed by atoms with Gasteiger partial charge in [-0.15, -0.1) is 0 Å². The highest BCUT2D eigenvalue weighted by molar-refractivity contribution is 6.30. The van der Waals surface area contributed by atoms with Crippen molar-refractivity contribution in [2.75, 3.05) is 0 Å². The van der Waals surface area contributed by atoms with Crippen molar-refractivity contribution in [3.8, 4) is 0 Å². The number of hydrazine groups is 1. The highest BCUT2D eigenvalue weighted by atomic mass is 35.5. The zero-order valence-electron chi connectivity index (χ0n) is 12.2. The van der Waals surface area contributed by atoms with Gasteiger partial charge in [0.05, 0.1) is 5.69 Å². The summed E-state index contributed by atoms with van der Waals surface area (Å²) in [6.45, 7) is 4.09. The third-order valence-corrected chi connectivity index (χ3v) is 4.16. The van der Waals surface area contributed by atoms with Crippen LogP contribution in [0.25, 0.3) is 0 Å². The van der Waals surface area contributed by atoms with Crippen LogP contribution in [-0.4, -0.2) is 15.8 Å². The Balaban J connectivity index is 2.15. The highest BCUT2D eigenvalue weighted by Gasteiger charge is 2.17. The van der Waals surface area contributed by atoms with Gasteiger partial charge >= 0.3 is 0 Å². The molecule has 0 bridgehead atoms. The summed E-state index contributed by atoms with van der Waals surface area (Å²) in [7, 11) is 1.85. The van der Waals surface area contributed by atoms with Crippen LogP contribution in [0.1, 0.15) is 22.4 Å². The van der Waals surface area contributed by atoms with Crippen molar-refractivity contribution >= 4 is 11.6 Å². The molecule has 1 aromatic heterocycles. The van der Waals surface area contributed by atoms with Crippen LogP contribution in [0.4, 0.5) is 0 Å². The number of nitrogens with two attached hydrogens (primary N) is 1. The number of benzene rings is 1. The fraction of sp³-hybridized carbons (Fsp3) is 0.400. The molecular weight excluding hydrogens is 272 g/mol. The minimum Gasteiger partial charge on any atom is -0.271 e. The van der Waals surface area contributed by atoms with E-state index in [1.807, 2.05) is 20.0 Å².